The SMILES string of the molecule is CN=C(NCc1coc(-c2cccs2)n1)NC1CCN(C(=O)C2CCCC2)C1.I. The second-order valence-corrected chi connectivity index (χ2v) is 8.39. The summed E-state index contributed by atoms with van der Waals surface area (Å²) in [5.41, 5.74) is 0.829. The number of carbonyl (C=O) groups excluding carboxylic acids is 1. The van der Waals surface area contributed by atoms with Gasteiger partial charge in [-0.05, 0) is 30.7 Å². The number of amides is 1. The lowest BCUT2D eigenvalue weighted by molar-refractivity contribution is -0.134. The highest BCUT2D eigenvalue weighted by atomic mass is 127. The number of likely N-dealkylation sites (tertiary alicyclic amines) is 1. The van der Waals surface area contributed by atoms with E-state index < -0.39 is 0 Å². The molecule has 29 heavy (non-hydrogen) atoms. The number of nitrogens with one attached hydrogen (secondary N) is 2. The van der Waals surface area contributed by atoms with Crippen molar-refractivity contribution in [2.24, 2.45) is 10.9 Å². The highest BCUT2D eigenvalue weighted by Crippen LogP contribution is 2.28. The van der Waals surface area contributed by atoms with E-state index in [0.717, 1.165) is 48.9 Å². The standard InChI is InChI=1S/C20H27N5O2S.HI/c1-21-20(22-11-16-13-27-18(23-16)17-7-4-10-28-17)24-15-8-9-25(12-15)19(26)14-5-2-3-6-14;/h4,7,10,13-15H,2-3,5-6,8-9,11-12H2,1H3,(H2,21,22,24);1H. The van der Waals surface area contributed by atoms with Crippen molar-refractivity contribution in [2.45, 2.75) is 44.7 Å². The van der Waals surface area contributed by atoms with E-state index in [1.807, 2.05) is 22.4 Å². The Morgan fingerprint density at radius 3 is 2.93 bits per heavy atom. The summed E-state index contributed by atoms with van der Waals surface area (Å²) in [4.78, 5) is 24.5. The second-order valence-electron chi connectivity index (χ2n) is 7.44. The Labute approximate surface area is 192 Å². The largest absolute Gasteiger partial charge is 0.443 e. The van der Waals surface area contributed by atoms with Crippen LogP contribution in [0.1, 0.15) is 37.8 Å². The summed E-state index contributed by atoms with van der Waals surface area (Å²) in [5.74, 6) is 1.96. The van der Waals surface area contributed by atoms with Crippen LogP contribution >= 0.6 is 35.3 Å². The van der Waals surface area contributed by atoms with Crippen molar-refractivity contribution in [1.29, 1.82) is 0 Å². The van der Waals surface area contributed by atoms with Crippen LogP contribution in [0.3, 0.4) is 0 Å². The fraction of sp³-hybridized carbons (Fsp3) is 0.550. The van der Waals surface area contributed by atoms with Gasteiger partial charge in [0.2, 0.25) is 11.8 Å². The number of hydrogen-bond donors (Lipinski definition) is 2. The predicted octanol–water partition coefficient (Wildman–Crippen LogP) is 3.48. The first-order chi connectivity index (χ1) is 13.7. The topological polar surface area (TPSA) is 82.8 Å². The minimum absolute atomic E-state index is 0. The summed E-state index contributed by atoms with van der Waals surface area (Å²) in [6.07, 6.45) is 7.12. The van der Waals surface area contributed by atoms with Gasteiger partial charge in [-0.25, -0.2) is 4.98 Å². The summed E-state index contributed by atoms with van der Waals surface area (Å²) in [6, 6.07) is 4.21. The number of aliphatic imine (C=N–C) groups is 1. The molecule has 1 aliphatic carbocycles. The van der Waals surface area contributed by atoms with Gasteiger partial charge in [0.25, 0.3) is 0 Å². The Morgan fingerprint density at radius 2 is 2.21 bits per heavy atom. The smallest absolute Gasteiger partial charge is 0.236 e. The van der Waals surface area contributed by atoms with Crippen molar-refractivity contribution < 1.29 is 9.21 Å². The van der Waals surface area contributed by atoms with Crippen molar-refractivity contribution in [1.82, 2.24) is 20.5 Å². The van der Waals surface area contributed by atoms with Gasteiger partial charge in [0.05, 0.1) is 17.1 Å². The van der Waals surface area contributed by atoms with Crippen molar-refractivity contribution in [3.63, 3.8) is 0 Å². The lowest BCUT2D eigenvalue weighted by Crippen LogP contribution is -2.45. The van der Waals surface area contributed by atoms with Gasteiger partial charge >= 0.3 is 0 Å². The molecule has 1 aliphatic heterocycles. The molecule has 9 heteroatoms. The van der Waals surface area contributed by atoms with Crippen molar-refractivity contribution in [2.75, 3.05) is 20.1 Å². The highest BCUT2D eigenvalue weighted by molar-refractivity contribution is 14.0. The molecule has 2 aromatic heterocycles. The summed E-state index contributed by atoms with van der Waals surface area (Å²) in [5, 5.41) is 8.73. The third-order valence-electron chi connectivity index (χ3n) is 5.49. The van der Waals surface area contributed by atoms with Crippen molar-refractivity contribution in [3.8, 4) is 10.8 Å². The fourth-order valence-corrected chi connectivity index (χ4v) is 4.63. The zero-order chi connectivity index (χ0) is 19.3. The first kappa shape index (κ1) is 22.1. The Balaban J connectivity index is 0.00000240. The van der Waals surface area contributed by atoms with Crippen LogP contribution in [0.2, 0.25) is 0 Å². The number of thiophene rings is 1. The first-order valence-electron chi connectivity index (χ1n) is 9.97. The first-order valence-corrected chi connectivity index (χ1v) is 10.8. The summed E-state index contributed by atoms with van der Waals surface area (Å²) >= 11 is 1.61. The number of rotatable bonds is 5. The Bertz CT molecular complexity index is 817. The molecule has 3 heterocycles. The lowest BCUT2D eigenvalue weighted by atomic mass is 10.1. The third kappa shape index (κ3) is 5.50. The Morgan fingerprint density at radius 1 is 1.38 bits per heavy atom. The maximum atomic E-state index is 12.6. The second kappa shape index (κ2) is 10.4. The molecular weight excluding hydrogens is 501 g/mol. The van der Waals surface area contributed by atoms with Crippen molar-refractivity contribution in [3.05, 3.63) is 29.5 Å². The van der Waals surface area contributed by atoms with Gasteiger partial charge in [-0.2, -0.15) is 0 Å². The van der Waals surface area contributed by atoms with Crippen LogP contribution < -0.4 is 10.6 Å². The number of guanidine groups is 1. The Hall–Kier alpha value is -1.62. The van der Waals surface area contributed by atoms with E-state index >= 15 is 0 Å². The summed E-state index contributed by atoms with van der Waals surface area (Å²) in [7, 11) is 1.76. The predicted molar refractivity (Wildman–Crippen MR) is 126 cm³/mol. The van der Waals surface area contributed by atoms with E-state index in [0.29, 0.717) is 18.3 Å². The normalized spacial score (nSPS) is 20.0. The van der Waals surface area contributed by atoms with Crippen LogP contribution in [0.25, 0.3) is 10.8 Å². The van der Waals surface area contributed by atoms with E-state index in [1.165, 1.54) is 12.8 Å². The lowest BCUT2D eigenvalue weighted by Gasteiger charge is -2.21. The zero-order valence-electron chi connectivity index (χ0n) is 16.6. The molecule has 158 valence electrons. The highest BCUT2D eigenvalue weighted by Gasteiger charge is 2.32. The molecule has 0 radical (unpaired) electrons. The number of aromatic nitrogens is 1. The van der Waals surface area contributed by atoms with Gasteiger partial charge in [0, 0.05) is 32.1 Å². The third-order valence-corrected chi connectivity index (χ3v) is 6.35. The molecule has 1 unspecified atom stereocenters. The maximum absolute atomic E-state index is 12.6. The van der Waals surface area contributed by atoms with E-state index in [2.05, 4.69) is 20.6 Å². The summed E-state index contributed by atoms with van der Waals surface area (Å²) < 4.78 is 5.55. The van der Waals surface area contributed by atoms with E-state index in [9.17, 15) is 4.79 Å². The molecule has 1 amide bonds. The molecule has 1 saturated carbocycles. The molecule has 0 bridgehead atoms. The number of oxazole rings is 1. The number of hydrogen-bond acceptors (Lipinski definition) is 5. The molecule has 7 nitrogen and oxygen atoms in total. The van der Waals surface area contributed by atoms with Crippen molar-refractivity contribution >= 4 is 47.2 Å². The number of halogens is 1. The van der Waals surface area contributed by atoms with Gasteiger partial charge in [-0.15, -0.1) is 35.3 Å². The molecule has 1 saturated heterocycles. The molecule has 2 aliphatic rings. The van der Waals surface area contributed by atoms with Crippen LogP contribution in [-0.2, 0) is 11.3 Å². The molecule has 1 atom stereocenters. The molecule has 0 aromatic carbocycles. The summed E-state index contributed by atoms with van der Waals surface area (Å²) in [6.45, 7) is 2.12. The molecular formula is C20H28IN5O2S. The molecule has 2 fully saturated rings. The van der Waals surface area contributed by atoms with Gasteiger partial charge in [0.15, 0.2) is 5.96 Å². The average molecular weight is 529 g/mol. The van der Waals surface area contributed by atoms with Crippen LogP contribution in [0, 0.1) is 5.92 Å². The van der Waals surface area contributed by atoms with Gasteiger partial charge in [0.1, 0.15) is 6.26 Å². The Kier molecular flexibility index (Phi) is 7.93. The minimum atomic E-state index is 0. The molecule has 2 aromatic rings. The van der Waals surface area contributed by atoms with E-state index in [4.69, 9.17) is 4.42 Å². The van der Waals surface area contributed by atoms with E-state index in [1.54, 1.807) is 24.6 Å². The van der Waals surface area contributed by atoms with Crippen LogP contribution in [0.15, 0.2) is 33.2 Å². The molecule has 0 spiro atoms. The molecule has 2 N–H and O–H groups in total. The zero-order valence-corrected chi connectivity index (χ0v) is 19.7. The van der Waals surface area contributed by atoms with Crippen LogP contribution in [0.4, 0.5) is 0 Å². The minimum Gasteiger partial charge on any atom is -0.443 e. The molecule has 4 rings (SSSR count). The van der Waals surface area contributed by atoms with Gasteiger partial charge < -0.3 is 20.0 Å². The average Bonchev–Trinajstić information content (AvgIpc) is 3.50. The monoisotopic (exact) mass is 529 g/mol. The quantitative estimate of drug-likeness (QED) is 0.352. The van der Waals surface area contributed by atoms with Gasteiger partial charge in [-0.1, -0.05) is 18.9 Å². The van der Waals surface area contributed by atoms with E-state index in [-0.39, 0.29) is 35.9 Å². The van der Waals surface area contributed by atoms with Crippen LogP contribution in [-0.4, -0.2) is 47.9 Å². The number of carbonyl (C=O) groups is 1. The maximum Gasteiger partial charge on any atom is 0.236 e. The van der Waals surface area contributed by atoms with Gasteiger partial charge in [-0.3, -0.25) is 9.79 Å². The number of nitrogens with zero attached hydrogens (tertiary/aromatic N) is 3. The van der Waals surface area contributed by atoms with Crippen LogP contribution in [0.5, 0.6) is 0 Å². The fourth-order valence-electron chi connectivity index (χ4n) is 3.97.